The number of hydrogen-bond donors (Lipinski definition) is 1. The molecule has 0 saturated heterocycles. The number of carbonyl (C=O) groups excluding carboxylic acids is 2. The van der Waals surface area contributed by atoms with Gasteiger partial charge < -0.3 is 14.8 Å². The van der Waals surface area contributed by atoms with Crippen molar-refractivity contribution in [1.82, 2.24) is 0 Å². The van der Waals surface area contributed by atoms with Crippen molar-refractivity contribution in [3.63, 3.8) is 0 Å². The van der Waals surface area contributed by atoms with Gasteiger partial charge in [-0.3, -0.25) is 9.59 Å². The summed E-state index contributed by atoms with van der Waals surface area (Å²) < 4.78 is 10.7. The molecule has 3 rings (SSSR count). The first-order chi connectivity index (χ1) is 13.4. The molecule has 1 N–H and O–H groups in total. The van der Waals surface area contributed by atoms with Gasteiger partial charge in [0.25, 0.3) is 0 Å². The van der Waals surface area contributed by atoms with E-state index in [4.69, 9.17) is 9.47 Å². The Bertz CT molecular complexity index is 886. The zero-order valence-corrected chi connectivity index (χ0v) is 16.9. The van der Waals surface area contributed by atoms with Crippen molar-refractivity contribution in [2.75, 3.05) is 19.5 Å². The van der Waals surface area contributed by atoms with E-state index in [9.17, 15) is 9.59 Å². The highest BCUT2D eigenvalue weighted by Crippen LogP contribution is 2.46. The van der Waals surface area contributed by atoms with Gasteiger partial charge in [0.1, 0.15) is 0 Å². The minimum Gasteiger partial charge on any atom is -0.493 e. The first-order valence-corrected chi connectivity index (χ1v) is 9.56. The minimum absolute atomic E-state index is 0.0170. The smallest absolute Gasteiger partial charge is 0.225 e. The Morgan fingerprint density at radius 2 is 1.79 bits per heavy atom. The SMILES string of the molecule is COc1ccc(C(CC(=O)Nc2cc(C(C)=O)ccc2C)C2CC2)cc1OC. The van der Waals surface area contributed by atoms with E-state index in [1.807, 2.05) is 31.2 Å². The van der Waals surface area contributed by atoms with Crippen LogP contribution in [-0.4, -0.2) is 25.9 Å². The van der Waals surface area contributed by atoms with Gasteiger partial charge in [-0.15, -0.1) is 0 Å². The molecule has 2 aromatic carbocycles. The van der Waals surface area contributed by atoms with Gasteiger partial charge in [-0.05, 0) is 67.9 Å². The summed E-state index contributed by atoms with van der Waals surface area (Å²) in [6.07, 6.45) is 2.65. The third-order valence-corrected chi connectivity index (χ3v) is 5.35. The molecule has 0 bridgehead atoms. The molecule has 1 aliphatic carbocycles. The second-order valence-electron chi connectivity index (χ2n) is 7.40. The Hall–Kier alpha value is -2.82. The van der Waals surface area contributed by atoms with Gasteiger partial charge in [0.05, 0.1) is 14.2 Å². The van der Waals surface area contributed by atoms with Crippen LogP contribution in [0.3, 0.4) is 0 Å². The number of hydrogen-bond acceptors (Lipinski definition) is 4. The van der Waals surface area contributed by atoms with Gasteiger partial charge in [-0.2, -0.15) is 0 Å². The van der Waals surface area contributed by atoms with E-state index in [-0.39, 0.29) is 17.6 Å². The van der Waals surface area contributed by atoms with E-state index in [2.05, 4.69) is 5.32 Å². The summed E-state index contributed by atoms with van der Waals surface area (Å²) in [5.41, 5.74) is 3.32. The molecule has 5 nitrogen and oxygen atoms in total. The van der Waals surface area contributed by atoms with Crippen LogP contribution in [0.25, 0.3) is 0 Å². The summed E-state index contributed by atoms with van der Waals surface area (Å²) in [4.78, 5) is 24.4. The number of anilines is 1. The van der Waals surface area contributed by atoms with Gasteiger partial charge in [-0.1, -0.05) is 18.2 Å². The number of amides is 1. The number of rotatable bonds is 8. The van der Waals surface area contributed by atoms with Crippen LogP contribution in [0.1, 0.15) is 53.6 Å². The standard InChI is InChI=1S/C23H27NO4/c1-14-5-6-17(15(2)25)11-20(14)24-23(26)13-19(16-7-8-16)18-9-10-21(27-3)22(12-18)28-4/h5-6,9-12,16,19H,7-8,13H2,1-4H3,(H,24,26). The van der Waals surface area contributed by atoms with Crippen LogP contribution in [0.4, 0.5) is 5.69 Å². The Kier molecular flexibility index (Phi) is 6.02. The summed E-state index contributed by atoms with van der Waals surface area (Å²) >= 11 is 0. The maximum atomic E-state index is 12.8. The number of benzene rings is 2. The average molecular weight is 381 g/mol. The van der Waals surface area contributed by atoms with E-state index in [0.717, 1.165) is 24.0 Å². The van der Waals surface area contributed by atoms with Crippen LogP contribution in [0.2, 0.25) is 0 Å². The molecule has 1 amide bonds. The molecule has 1 aliphatic rings. The Morgan fingerprint density at radius 3 is 2.39 bits per heavy atom. The molecule has 5 heteroatoms. The second-order valence-corrected chi connectivity index (χ2v) is 7.40. The Labute approximate surface area is 166 Å². The van der Waals surface area contributed by atoms with Crippen LogP contribution in [0, 0.1) is 12.8 Å². The molecule has 2 aromatic rings. The molecule has 1 atom stereocenters. The number of Topliss-reactive ketones (excluding diaryl/α,β-unsaturated/α-hetero) is 1. The highest BCUT2D eigenvalue weighted by Gasteiger charge is 2.34. The zero-order chi connectivity index (χ0) is 20.3. The summed E-state index contributed by atoms with van der Waals surface area (Å²) in [5, 5.41) is 2.99. The maximum absolute atomic E-state index is 12.8. The number of ether oxygens (including phenoxy) is 2. The lowest BCUT2D eigenvalue weighted by Gasteiger charge is -2.19. The van der Waals surface area contributed by atoms with Crippen LogP contribution < -0.4 is 14.8 Å². The number of nitrogens with one attached hydrogen (secondary N) is 1. The zero-order valence-electron chi connectivity index (χ0n) is 16.9. The van der Waals surface area contributed by atoms with E-state index >= 15 is 0 Å². The van der Waals surface area contributed by atoms with Crippen LogP contribution in [0.5, 0.6) is 11.5 Å². The number of ketones is 1. The summed E-state index contributed by atoms with van der Waals surface area (Å²) in [7, 11) is 3.23. The molecule has 1 saturated carbocycles. The maximum Gasteiger partial charge on any atom is 0.225 e. The normalized spacial score (nSPS) is 14.3. The van der Waals surface area contributed by atoms with Crippen molar-refractivity contribution in [3.05, 3.63) is 53.1 Å². The van der Waals surface area contributed by atoms with Crippen molar-refractivity contribution in [1.29, 1.82) is 0 Å². The monoisotopic (exact) mass is 381 g/mol. The van der Waals surface area contributed by atoms with Crippen molar-refractivity contribution in [2.24, 2.45) is 5.92 Å². The molecule has 1 fully saturated rings. The lowest BCUT2D eigenvalue weighted by Crippen LogP contribution is -2.17. The third-order valence-electron chi connectivity index (χ3n) is 5.35. The molecule has 0 spiro atoms. The Balaban J connectivity index is 1.78. The topological polar surface area (TPSA) is 64.6 Å². The molecule has 28 heavy (non-hydrogen) atoms. The summed E-state index contributed by atoms with van der Waals surface area (Å²) in [6, 6.07) is 11.3. The van der Waals surface area contributed by atoms with E-state index < -0.39 is 0 Å². The Morgan fingerprint density at radius 1 is 1.07 bits per heavy atom. The highest BCUT2D eigenvalue weighted by atomic mass is 16.5. The van der Waals surface area contributed by atoms with E-state index in [1.54, 1.807) is 26.4 Å². The molecule has 0 radical (unpaired) electrons. The van der Waals surface area contributed by atoms with Gasteiger partial charge >= 0.3 is 0 Å². The number of methoxy groups -OCH3 is 2. The lowest BCUT2D eigenvalue weighted by molar-refractivity contribution is -0.116. The van der Waals surface area contributed by atoms with Gasteiger partial charge in [0, 0.05) is 17.7 Å². The average Bonchev–Trinajstić information content (AvgIpc) is 3.52. The first-order valence-electron chi connectivity index (χ1n) is 9.56. The van der Waals surface area contributed by atoms with Crippen molar-refractivity contribution in [3.8, 4) is 11.5 Å². The highest BCUT2D eigenvalue weighted by molar-refractivity contribution is 5.97. The molecular weight excluding hydrogens is 354 g/mol. The summed E-state index contributed by atoms with van der Waals surface area (Å²) in [5.74, 6) is 1.94. The van der Waals surface area contributed by atoms with E-state index in [0.29, 0.717) is 35.1 Å². The first kappa shape index (κ1) is 19.9. The quantitative estimate of drug-likeness (QED) is 0.671. The van der Waals surface area contributed by atoms with E-state index in [1.165, 1.54) is 6.92 Å². The fourth-order valence-electron chi connectivity index (χ4n) is 3.52. The fourth-order valence-corrected chi connectivity index (χ4v) is 3.52. The lowest BCUT2D eigenvalue weighted by atomic mass is 9.90. The van der Waals surface area contributed by atoms with Crippen LogP contribution >= 0.6 is 0 Å². The predicted molar refractivity (Wildman–Crippen MR) is 109 cm³/mol. The van der Waals surface area contributed by atoms with Crippen molar-refractivity contribution < 1.29 is 19.1 Å². The van der Waals surface area contributed by atoms with Crippen molar-refractivity contribution in [2.45, 2.75) is 39.0 Å². The molecule has 1 unspecified atom stereocenters. The second kappa shape index (κ2) is 8.46. The van der Waals surface area contributed by atoms with Gasteiger partial charge in [0.15, 0.2) is 17.3 Å². The van der Waals surface area contributed by atoms with Gasteiger partial charge in [0.2, 0.25) is 5.91 Å². The number of carbonyl (C=O) groups is 2. The molecule has 148 valence electrons. The fraction of sp³-hybridized carbons (Fsp3) is 0.391. The molecule has 0 aliphatic heterocycles. The van der Waals surface area contributed by atoms with Crippen molar-refractivity contribution >= 4 is 17.4 Å². The number of aryl methyl sites for hydroxylation is 1. The molecule has 0 heterocycles. The largest absolute Gasteiger partial charge is 0.493 e. The molecular formula is C23H27NO4. The summed E-state index contributed by atoms with van der Waals surface area (Å²) in [6.45, 7) is 3.45. The molecule has 0 aromatic heterocycles. The van der Waals surface area contributed by atoms with Gasteiger partial charge in [-0.25, -0.2) is 0 Å². The predicted octanol–water partition coefficient (Wildman–Crippen LogP) is 4.74. The minimum atomic E-state index is -0.0458. The van der Waals surface area contributed by atoms with Crippen LogP contribution in [0.15, 0.2) is 36.4 Å². The third kappa shape index (κ3) is 4.53. The van der Waals surface area contributed by atoms with Crippen LogP contribution in [-0.2, 0) is 4.79 Å².